The summed E-state index contributed by atoms with van der Waals surface area (Å²) in [4.78, 5) is 11.8. The number of carbonyl (C=O) groups is 1. The molecule has 1 aromatic rings. The summed E-state index contributed by atoms with van der Waals surface area (Å²) in [6, 6.07) is 4.37. The van der Waals surface area contributed by atoms with Crippen molar-refractivity contribution in [2.75, 3.05) is 5.32 Å². The van der Waals surface area contributed by atoms with Gasteiger partial charge >= 0.3 is 0 Å². The Morgan fingerprint density at radius 2 is 2.19 bits per heavy atom. The van der Waals surface area contributed by atoms with Gasteiger partial charge in [-0.1, -0.05) is 13.8 Å². The summed E-state index contributed by atoms with van der Waals surface area (Å²) in [6.07, 6.45) is 0.927. The van der Waals surface area contributed by atoms with E-state index in [1.54, 1.807) is 6.07 Å². The van der Waals surface area contributed by atoms with E-state index in [2.05, 4.69) is 19.2 Å². The van der Waals surface area contributed by atoms with Crippen LogP contribution in [0.15, 0.2) is 18.2 Å². The molecule has 86 valence electrons. The molecular weight excluding hydrogens is 320 g/mol. The molecule has 1 atom stereocenters. The molecule has 0 bridgehead atoms. The molecule has 2 rings (SSSR count). The van der Waals surface area contributed by atoms with E-state index in [1.807, 2.05) is 22.6 Å². The summed E-state index contributed by atoms with van der Waals surface area (Å²) in [5.74, 6) is -0.156. The van der Waals surface area contributed by atoms with Crippen LogP contribution in [0.25, 0.3) is 0 Å². The van der Waals surface area contributed by atoms with E-state index < -0.39 is 0 Å². The fraction of sp³-hybridized carbons (Fsp3) is 0.417. The number of hydrogen-bond donors (Lipinski definition) is 1. The van der Waals surface area contributed by atoms with Gasteiger partial charge in [-0.3, -0.25) is 4.79 Å². The molecule has 0 radical (unpaired) electrons. The molecule has 2 nitrogen and oxygen atoms in total. The first-order valence-electron chi connectivity index (χ1n) is 5.16. The predicted molar refractivity (Wildman–Crippen MR) is 69.6 cm³/mol. The lowest BCUT2D eigenvalue weighted by Gasteiger charge is -2.08. The van der Waals surface area contributed by atoms with Crippen molar-refractivity contribution in [1.29, 1.82) is 0 Å². The molecule has 1 aromatic carbocycles. The summed E-state index contributed by atoms with van der Waals surface area (Å²) in [5, 5.41) is 2.84. The smallest absolute Gasteiger partial charge is 0.228 e. The topological polar surface area (TPSA) is 29.1 Å². The molecule has 4 heteroatoms. The van der Waals surface area contributed by atoms with Crippen LogP contribution >= 0.6 is 22.6 Å². The predicted octanol–water partition coefficient (Wildman–Crippen LogP) is 3.41. The van der Waals surface area contributed by atoms with E-state index in [4.69, 9.17) is 0 Å². The van der Waals surface area contributed by atoms with Gasteiger partial charge in [-0.15, -0.1) is 0 Å². The van der Waals surface area contributed by atoms with Gasteiger partial charge in [-0.2, -0.15) is 0 Å². The minimum atomic E-state index is -0.283. The van der Waals surface area contributed by atoms with Gasteiger partial charge in [0.15, 0.2) is 0 Å². The standard InChI is InChI=1S/C12H13FINO/c1-12(2)6-8(12)11(16)15-10-4-3-7(13)5-9(10)14/h3-5,8H,6H2,1-2H3,(H,15,16). The van der Waals surface area contributed by atoms with Crippen LogP contribution in [0.4, 0.5) is 10.1 Å². The Morgan fingerprint density at radius 3 is 2.69 bits per heavy atom. The average Bonchev–Trinajstić information content (AvgIpc) is 2.80. The maximum atomic E-state index is 12.9. The zero-order chi connectivity index (χ0) is 11.9. The minimum Gasteiger partial charge on any atom is -0.325 e. The lowest BCUT2D eigenvalue weighted by molar-refractivity contribution is -0.118. The van der Waals surface area contributed by atoms with Crippen molar-refractivity contribution in [1.82, 2.24) is 0 Å². The SMILES string of the molecule is CC1(C)CC1C(=O)Nc1ccc(F)cc1I. The second-order valence-electron chi connectivity index (χ2n) is 4.86. The molecule has 1 aliphatic carbocycles. The average molecular weight is 333 g/mol. The van der Waals surface area contributed by atoms with Gasteiger partial charge in [0.1, 0.15) is 5.82 Å². The second kappa shape index (κ2) is 3.98. The maximum absolute atomic E-state index is 12.9. The molecule has 1 aliphatic rings. The molecule has 1 saturated carbocycles. The summed E-state index contributed by atoms with van der Waals surface area (Å²) in [6.45, 7) is 4.15. The highest BCUT2D eigenvalue weighted by Gasteiger charge is 2.50. The Morgan fingerprint density at radius 1 is 1.56 bits per heavy atom. The molecule has 0 spiro atoms. The summed E-state index contributed by atoms with van der Waals surface area (Å²) in [7, 11) is 0. The Bertz CT molecular complexity index is 445. The van der Waals surface area contributed by atoms with Gasteiger partial charge < -0.3 is 5.32 Å². The van der Waals surface area contributed by atoms with Gasteiger partial charge in [0.05, 0.1) is 5.69 Å². The summed E-state index contributed by atoms with van der Waals surface area (Å²) >= 11 is 2.02. The van der Waals surface area contributed by atoms with E-state index in [-0.39, 0.29) is 23.1 Å². The zero-order valence-corrected chi connectivity index (χ0v) is 11.3. The quantitative estimate of drug-likeness (QED) is 0.826. The van der Waals surface area contributed by atoms with Gasteiger partial charge in [0.25, 0.3) is 0 Å². The Labute approximate surface area is 108 Å². The number of rotatable bonds is 2. The molecule has 0 heterocycles. The van der Waals surface area contributed by atoms with Crippen LogP contribution in [0.3, 0.4) is 0 Å². The molecule has 0 saturated heterocycles. The first-order valence-corrected chi connectivity index (χ1v) is 6.24. The van der Waals surface area contributed by atoms with Gasteiger partial charge in [0.2, 0.25) is 5.91 Å². The number of benzene rings is 1. The van der Waals surface area contributed by atoms with Crippen molar-refractivity contribution in [2.45, 2.75) is 20.3 Å². The van der Waals surface area contributed by atoms with Crippen LogP contribution in [0.5, 0.6) is 0 Å². The summed E-state index contributed by atoms with van der Waals surface area (Å²) < 4.78 is 13.6. The van der Waals surface area contributed by atoms with Crippen LogP contribution in [0.1, 0.15) is 20.3 Å². The third-order valence-corrected chi connectivity index (χ3v) is 3.91. The molecule has 1 unspecified atom stereocenters. The third-order valence-electron chi connectivity index (χ3n) is 3.02. The van der Waals surface area contributed by atoms with Crippen molar-refractivity contribution in [3.63, 3.8) is 0 Å². The van der Waals surface area contributed by atoms with Crippen LogP contribution in [-0.2, 0) is 4.79 Å². The number of halogens is 2. The number of anilines is 1. The fourth-order valence-electron chi connectivity index (χ4n) is 1.73. The fourth-order valence-corrected chi connectivity index (χ4v) is 2.34. The summed E-state index contributed by atoms with van der Waals surface area (Å²) in [5.41, 5.74) is 0.810. The van der Waals surface area contributed by atoms with Gasteiger partial charge in [-0.05, 0) is 52.6 Å². The highest BCUT2D eigenvalue weighted by atomic mass is 127. The minimum absolute atomic E-state index is 0.0366. The van der Waals surface area contributed by atoms with E-state index >= 15 is 0 Å². The molecule has 0 aliphatic heterocycles. The molecule has 1 fully saturated rings. The third kappa shape index (κ3) is 2.36. The number of amides is 1. The number of hydrogen-bond acceptors (Lipinski definition) is 1. The van der Waals surface area contributed by atoms with Crippen LogP contribution in [0, 0.1) is 20.7 Å². The first-order chi connectivity index (χ1) is 7.40. The Kier molecular flexibility index (Phi) is 2.94. The molecular formula is C12H13FINO. The monoisotopic (exact) mass is 333 g/mol. The van der Waals surface area contributed by atoms with Crippen molar-refractivity contribution < 1.29 is 9.18 Å². The molecule has 0 aromatic heterocycles. The van der Waals surface area contributed by atoms with Crippen LogP contribution in [0.2, 0.25) is 0 Å². The van der Waals surface area contributed by atoms with Crippen molar-refractivity contribution in [3.05, 3.63) is 27.6 Å². The van der Waals surface area contributed by atoms with E-state index in [0.29, 0.717) is 5.69 Å². The highest BCUT2D eigenvalue weighted by molar-refractivity contribution is 14.1. The molecule has 1 N–H and O–H groups in total. The Hall–Kier alpha value is -0.650. The lowest BCUT2D eigenvalue weighted by atomic mass is 10.1. The van der Waals surface area contributed by atoms with Crippen molar-refractivity contribution in [2.24, 2.45) is 11.3 Å². The van der Waals surface area contributed by atoms with Crippen LogP contribution < -0.4 is 5.32 Å². The maximum Gasteiger partial charge on any atom is 0.228 e. The van der Waals surface area contributed by atoms with Gasteiger partial charge in [-0.25, -0.2) is 4.39 Å². The van der Waals surface area contributed by atoms with Crippen molar-refractivity contribution in [3.8, 4) is 0 Å². The van der Waals surface area contributed by atoms with Crippen LogP contribution in [-0.4, -0.2) is 5.91 Å². The zero-order valence-electron chi connectivity index (χ0n) is 9.18. The lowest BCUT2D eigenvalue weighted by Crippen LogP contribution is -2.17. The van der Waals surface area contributed by atoms with E-state index in [9.17, 15) is 9.18 Å². The Balaban J connectivity index is 2.07. The number of nitrogens with one attached hydrogen (secondary N) is 1. The number of carbonyl (C=O) groups excluding carboxylic acids is 1. The van der Waals surface area contributed by atoms with Crippen molar-refractivity contribution >= 4 is 34.2 Å². The first kappa shape index (κ1) is 11.8. The second-order valence-corrected chi connectivity index (χ2v) is 6.02. The largest absolute Gasteiger partial charge is 0.325 e. The van der Waals surface area contributed by atoms with Gasteiger partial charge in [0, 0.05) is 9.49 Å². The highest BCUT2D eigenvalue weighted by Crippen LogP contribution is 2.52. The molecule has 16 heavy (non-hydrogen) atoms. The van der Waals surface area contributed by atoms with E-state index in [0.717, 1.165) is 9.99 Å². The molecule has 1 amide bonds. The van der Waals surface area contributed by atoms with E-state index in [1.165, 1.54) is 12.1 Å². The normalized spacial score (nSPS) is 21.6.